The van der Waals surface area contributed by atoms with Gasteiger partial charge in [0.15, 0.2) is 0 Å². The zero-order valence-electron chi connectivity index (χ0n) is 8.21. The Hall–Kier alpha value is -0.340. The highest BCUT2D eigenvalue weighted by Crippen LogP contribution is 2.04. The minimum Gasteiger partial charge on any atom is -0.309 e. The Morgan fingerprint density at radius 1 is 1.42 bits per heavy atom. The van der Waals surface area contributed by atoms with Crippen molar-refractivity contribution in [3.63, 3.8) is 0 Å². The average molecular weight is 168 g/mol. The minimum absolute atomic E-state index is 0.638. The molecule has 1 fully saturated rings. The van der Waals surface area contributed by atoms with Crippen LogP contribution in [-0.4, -0.2) is 36.6 Å². The summed E-state index contributed by atoms with van der Waals surface area (Å²) < 4.78 is 0. The van der Waals surface area contributed by atoms with Gasteiger partial charge in [0, 0.05) is 31.7 Å². The van der Waals surface area contributed by atoms with Crippen molar-refractivity contribution >= 4 is 0 Å². The van der Waals surface area contributed by atoms with Crippen molar-refractivity contribution in [2.45, 2.75) is 32.4 Å². The van der Waals surface area contributed by atoms with E-state index in [-0.39, 0.29) is 0 Å². The number of nitrogens with one attached hydrogen (secondary N) is 1. The lowest BCUT2D eigenvalue weighted by molar-refractivity contribution is 0.176. The van der Waals surface area contributed by atoms with Crippen LogP contribution in [0.4, 0.5) is 0 Å². The number of piperazine rings is 1. The normalized spacial score (nSPS) is 31.8. The lowest BCUT2D eigenvalue weighted by Crippen LogP contribution is -2.54. The molecule has 1 aliphatic rings. The predicted octanol–water partition coefficient (Wildman–Crippen LogP) is 1.24. The van der Waals surface area contributed by atoms with Gasteiger partial charge < -0.3 is 5.32 Å². The van der Waals surface area contributed by atoms with Gasteiger partial charge in [-0.2, -0.15) is 0 Å². The van der Waals surface area contributed by atoms with Crippen molar-refractivity contribution < 1.29 is 0 Å². The molecule has 0 radical (unpaired) electrons. The van der Waals surface area contributed by atoms with Crippen LogP contribution in [0.15, 0.2) is 12.7 Å². The van der Waals surface area contributed by atoms with Gasteiger partial charge in [-0.15, -0.1) is 6.58 Å². The molecule has 1 rings (SSSR count). The first-order chi connectivity index (χ1) is 5.72. The number of nitrogens with zero attached hydrogens (tertiary/aromatic N) is 1. The zero-order valence-corrected chi connectivity index (χ0v) is 8.21. The van der Waals surface area contributed by atoms with Gasteiger partial charge in [-0.05, 0) is 20.3 Å². The molecule has 2 atom stereocenters. The minimum atomic E-state index is 0.638. The summed E-state index contributed by atoms with van der Waals surface area (Å²) in [4.78, 5) is 2.51. The van der Waals surface area contributed by atoms with Crippen molar-refractivity contribution in [3.05, 3.63) is 12.7 Å². The van der Waals surface area contributed by atoms with Gasteiger partial charge in [-0.3, -0.25) is 4.90 Å². The monoisotopic (exact) mass is 168 g/mol. The van der Waals surface area contributed by atoms with E-state index >= 15 is 0 Å². The fourth-order valence-electron chi connectivity index (χ4n) is 1.90. The van der Waals surface area contributed by atoms with E-state index in [0.717, 1.165) is 6.42 Å². The van der Waals surface area contributed by atoms with E-state index in [0.29, 0.717) is 12.1 Å². The molecule has 0 bridgehead atoms. The second-order valence-corrected chi connectivity index (χ2v) is 3.81. The number of hydrogen-bond acceptors (Lipinski definition) is 2. The molecule has 0 aliphatic carbocycles. The van der Waals surface area contributed by atoms with Gasteiger partial charge in [0.1, 0.15) is 0 Å². The molecule has 0 aromatic carbocycles. The van der Waals surface area contributed by atoms with E-state index in [1.807, 2.05) is 6.08 Å². The highest BCUT2D eigenvalue weighted by molar-refractivity contribution is 4.82. The molecule has 2 unspecified atom stereocenters. The zero-order chi connectivity index (χ0) is 8.97. The topological polar surface area (TPSA) is 15.3 Å². The van der Waals surface area contributed by atoms with Crippen LogP contribution in [0.1, 0.15) is 20.3 Å². The largest absolute Gasteiger partial charge is 0.309 e. The van der Waals surface area contributed by atoms with Crippen molar-refractivity contribution in [3.8, 4) is 0 Å². The van der Waals surface area contributed by atoms with Gasteiger partial charge in [0.05, 0.1) is 0 Å². The maximum Gasteiger partial charge on any atom is 0.0169 e. The van der Waals surface area contributed by atoms with E-state index in [2.05, 4.69) is 30.6 Å². The maximum atomic E-state index is 3.74. The SMILES string of the molecule is C=CCCN1CC(C)NC(C)C1. The molecule has 70 valence electrons. The average Bonchev–Trinajstić information content (AvgIpc) is 1.99. The standard InChI is InChI=1S/C10H20N2/c1-4-5-6-12-7-9(2)11-10(3)8-12/h4,9-11H,1,5-8H2,2-3H3. The maximum absolute atomic E-state index is 3.74. The van der Waals surface area contributed by atoms with E-state index in [4.69, 9.17) is 0 Å². The number of hydrogen-bond donors (Lipinski definition) is 1. The Morgan fingerprint density at radius 3 is 2.50 bits per heavy atom. The highest BCUT2D eigenvalue weighted by atomic mass is 15.2. The van der Waals surface area contributed by atoms with Crippen LogP contribution < -0.4 is 5.32 Å². The first kappa shape index (κ1) is 9.75. The van der Waals surface area contributed by atoms with Crippen molar-refractivity contribution in [2.75, 3.05) is 19.6 Å². The van der Waals surface area contributed by atoms with Crippen molar-refractivity contribution in [1.82, 2.24) is 10.2 Å². The third kappa shape index (κ3) is 2.95. The van der Waals surface area contributed by atoms with Crippen LogP contribution >= 0.6 is 0 Å². The molecule has 0 spiro atoms. The summed E-state index contributed by atoms with van der Waals surface area (Å²) in [5.74, 6) is 0. The summed E-state index contributed by atoms with van der Waals surface area (Å²) in [7, 11) is 0. The van der Waals surface area contributed by atoms with Gasteiger partial charge in [0.25, 0.3) is 0 Å². The van der Waals surface area contributed by atoms with Crippen LogP contribution in [-0.2, 0) is 0 Å². The van der Waals surface area contributed by atoms with Crippen LogP contribution in [0.25, 0.3) is 0 Å². The first-order valence-electron chi connectivity index (χ1n) is 4.81. The third-order valence-electron chi connectivity index (χ3n) is 2.28. The fourth-order valence-corrected chi connectivity index (χ4v) is 1.90. The van der Waals surface area contributed by atoms with Crippen molar-refractivity contribution in [2.24, 2.45) is 0 Å². The summed E-state index contributed by atoms with van der Waals surface area (Å²) in [6, 6.07) is 1.28. The van der Waals surface area contributed by atoms with Crippen LogP contribution in [0.2, 0.25) is 0 Å². The predicted molar refractivity (Wildman–Crippen MR) is 53.3 cm³/mol. The molecular formula is C10H20N2. The molecule has 1 aliphatic heterocycles. The van der Waals surface area contributed by atoms with E-state index in [9.17, 15) is 0 Å². The van der Waals surface area contributed by atoms with E-state index < -0.39 is 0 Å². The van der Waals surface area contributed by atoms with Gasteiger partial charge >= 0.3 is 0 Å². The quantitative estimate of drug-likeness (QED) is 0.638. The molecule has 12 heavy (non-hydrogen) atoms. The molecule has 2 nitrogen and oxygen atoms in total. The Kier molecular flexibility index (Phi) is 3.76. The summed E-state index contributed by atoms with van der Waals surface area (Å²) in [6.07, 6.45) is 3.11. The molecule has 0 aromatic rings. The van der Waals surface area contributed by atoms with Crippen LogP contribution in [0.3, 0.4) is 0 Å². The summed E-state index contributed by atoms with van der Waals surface area (Å²) in [5, 5.41) is 3.52. The molecule has 1 N–H and O–H groups in total. The van der Waals surface area contributed by atoms with Crippen LogP contribution in [0, 0.1) is 0 Å². The van der Waals surface area contributed by atoms with E-state index in [1.54, 1.807) is 0 Å². The van der Waals surface area contributed by atoms with Gasteiger partial charge in [-0.25, -0.2) is 0 Å². The molecule has 0 saturated carbocycles. The Balaban J connectivity index is 2.28. The van der Waals surface area contributed by atoms with E-state index in [1.165, 1.54) is 19.6 Å². The highest BCUT2D eigenvalue weighted by Gasteiger charge is 2.19. The second-order valence-electron chi connectivity index (χ2n) is 3.81. The fraction of sp³-hybridized carbons (Fsp3) is 0.800. The molecule has 2 heteroatoms. The second kappa shape index (κ2) is 4.63. The number of rotatable bonds is 3. The Labute approximate surface area is 75.6 Å². The molecular weight excluding hydrogens is 148 g/mol. The smallest absolute Gasteiger partial charge is 0.0169 e. The molecule has 1 saturated heterocycles. The van der Waals surface area contributed by atoms with Crippen LogP contribution in [0.5, 0.6) is 0 Å². The van der Waals surface area contributed by atoms with Crippen molar-refractivity contribution in [1.29, 1.82) is 0 Å². The van der Waals surface area contributed by atoms with Gasteiger partial charge in [0.2, 0.25) is 0 Å². The summed E-state index contributed by atoms with van der Waals surface area (Å²) >= 11 is 0. The first-order valence-corrected chi connectivity index (χ1v) is 4.81. The molecule has 1 heterocycles. The summed E-state index contributed by atoms with van der Waals surface area (Å²) in [5.41, 5.74) is 0. The molecule has 0 amide bonds. The lowest BCUT2D eigenvalue weighted by Gasteiger charge is -2.35. The Morgan fingerprint density at radius 2 is 2.00 bits per heavy atom. The lowest BCUT2D eigenvalue weighted by atomic mass is 10.1. The summed E-state index contributed by atoms with van der Waals surface area (Å²) in [6.45, 7) is 11.8. The third-order valence-corrected chi connectivity index (χ3v) is 2.28. The Bertz CT molecular complexity index is 135. The van der Waals surface area contributed by atoms with Gasteiger partial charge in [-0.1, -0.05) is 6.08 Å². The molecule has 0 aromatic heterocycles.